The Kier molecular flexibility index (Phi) is 4.98. The number of furan rings is 1. The fourth-order valence-electron chi connectivity index (χ4n) is 1.65. The van der Waals surface area contributed by atoms with Gasteiger partial charge in [-0.15, -0.1) is 0 Å². The number of nitrogens with one attached hydrogen (secondary N) is 1. The number of primary sulfonamides is 1. The highest BCUT2D eigenvalue weighted by Gasteiger charge is 2.20. The predicted octanol–water partition coefficient (Wildman–Crippen LogP) is 0.833. The van der Waals surface area contributed by atoms with E-state index in [-0.39, 0.29) is 5.09 Å². The molecule has 19 heavy (non-hydrogen) atoms. The number of nitrogens with two attached hydrogens (primary N) is 1. The van der Waals surface area contributed by atoms with Crippen molar-refractivity contribution >= 4 is 10.0 Å². The van der Waals surface area contributed by atoms with Crippen LogP contribution in [0, 0.1) is 5.92 Å². The first kappa shape index (κ1) is 14.5. The van der Waals surface area contributed by atoms with Crippen molar-refractivity contribution in [3.63, 3.8) is 0 Å². The molecule has 0 saturated heterocycles. The van der Waals surface area contributed by atoms with E-state index in [0.717, 1.165) is 32.1 Å². The van der Waals surface area contributed by atoms with Gasteiger partial charge in [0.05, 0.1) is 6.54 Å². The number of ether oxygens (including phenoxy) is 1. The van der Waals surface area contributed by atoms with Crippen molar-refractivity contribution in [2.24, 2.45) is 11.1 Å². The molecule has 3 N–H and O–H groups in total. The van der Waals surface area contributed by atoms with E-state index in [4.69, 9.17) is 14.3 Å². The molecule has 0 radical (unpaired) electrons. The number of hydrogen-bond donors (Lipinski definition) is 2. The van der Waals surface area contributed by atoms with Gasteiger partial charge in [0.15, 0.2) is 0 Å². The summed E-state index contributed by atoms with van der Waals surface area (Å²) < 4.78 is 32.6. The summed E-state index contributed by atoms with van der Waals surface area (Å²) in [5.74, 6) is 1.36. The molecular formula is C12H20N2O4S. The second-order valence-corrected chi connectivity index (χ2v) is 6.31. The van der Waals surface area contributed by atoms with Crippen LogP contribution in [0.1, 0.15) is 25.0 Å². The van der Waals surface area contributed by atoms with Gasteiger partial charge < -0.3 is 14.5 Å². The van der Waals surface area contributed by atoms with Gasteiger partial charge in [0.1, 0.15) is 5.76 Å². The molecule has 1 aromatic rings. The molecule has 0 aliphatic heterocycles. The van der Waals surface area contributed by atoms with E-state index in [1.165, 1.54) is 18.9 Å². The highest BCUT2D eigenvalue weighted by molar-refractivity contribution is 7.89. The van der Waals surface area contributed by atoms with Gasteiger partial charge in [-0.05, 0) is 43.9 Å². The number of sulfonamides is 1. The Hall–Kier alpha value is -0.890. The zero-order valence-corrected chi connectivity index (χ0v) is 11.6. The molecule has 1 saturated carbocycles. The van der Waals surface area contributed by atoms with Gasteiger partial charge >= 0.3 is 0 Å². The van der Waals surface area contributed by atoms with Crippen LogP contribution >= 0.6 is 0 Å². The van der Waals surface area contributed by atoms with Crippen LogP contribution in [0.3, 0.4) is 0 Å². The van der Waals surface area contributed by atoms with Gasteiger partial charge in [-0.1, -0.05) is 0 Å². The molecule has 2 rings (SSSR count). The van der Waals surface area contributed by atoms with Crippen LogP contribution < -0.4 is 10.5 Å². The van der Waals surface area contributed by atoms with Crippen molar-refractivity contribution in [1.82, 2.24) is 5.32 Å². The van der Waals surface area contributed by atoms with E-state index >= 15 is 0 Å². The molecule has 0 unspecified atom stereocenters. The standard InChI is InChI=1S/C12H20N2O4S/c13-19(15,16)12-5-4-11(18-12)8-14-6-1-7-17-9-10-2-3-10/h4-5,10,14H,1-3,6-9H2,(H2,13,15,16). The van der Waals surface area contributed by atoms with E-state index in [9.17, 15) is 8.42 Å². The highest BCUT2D eigenvalue weighted by atomic mass is 32.2. The second-order valence-electron chi connectivity index (χ2n) is 4.81. The second kappa shape index (κ2) is 6.51. The lowest BCUT2D eigenvalue weighted by Gasteiger charge is -2.04. The quantitative estimate of drug-likeness (QED) is 0.656. The van der Waals surface area contributed by atoms with Gasteiger partial charge in [-0.2, -0.15) is 0 Å². The average Bonchev–Trinajstić information content (AvgIpc) is 3.02. The Labute approximate surface area is 113 Å². The molecule has 7 heteroatoms. The van der Waals surface area contributed by atoms with Crippen molar-refractivity contribution in [3.8, 4) is 0 Å². The van der Waals surface area contributed by atoms with Crippen LogP contribution in [0.4, 0.5) is 0 Å². The summed E-state index contributed by atoms with van der Waals surface area (Å²) in [7, 11) is -3.74. The first-order valence-corrected chi connectivity index (χ1v) is 8.00. The largest absolute Gasteiger partial charge is 0.447 e. The zero-order chi connectivity index (χ0) is 13.7. The van der Waals surface area contributed by atoms with Crippen molar-refractivity contribution in [1.29, 1.82) is 0 Å². The molecule has 1 aromatic heterocycles. The Balaban J connectivity index is 1.56. The van der Waals surface area contributed by atoms with Crippen LogP contribution in [0.25, 0.3) is 0 Å². The van der Waals surface area contributed by atoms with E-state index in [1.54, 1.807) is 6.07 Å². The molecule has 0 bridgehead atoms. The first-order valence-electron chi connectivity index (χ1n) is 6.45. The maximum atomic E-state index is 11.0. The summed E-state index contributed by atoms with van der Waals surface area (Å²) in [6.45, 7) is 2.92. The predicted molar refractivity (Wildman–Crippen MR) is 69.9 cm³/mol. The van der Waals surface area contributed by atoms with Gasteiger partial charge in [0.2, 0.25) is 5.09 Å². The summed E-state index contributed by atoms with van der Waals surface area (Å²) in [5.41, 5.74) is 0. The summed E-state index contributed by atoms with van der Waals surface area (Å²) in [4.78, 5) is 0. The molecule has 1 heterocycles. The Morgan fingerprint density at radius 2 is 2.21 bits per heavy atom. The molecular weight excluding hydrogens is 268 g/mol. The summed E-state index contributed by atoms with van der Waals surface area (Å²) in [6, 6.07) is 2.97. The van der Waals surface area contributed by atoms with Gasteiger partial charge in [-0.3, -0.25) is 0 Å². The molecule has 1 aliphatic carbocycles. The van der Waals surface area contributed by atoms with Crippen LogP contribution in [-0.4, -0.2) is 28.2 Å². The first-order chi connectivity index (χ1) is 9.05. The molecule has 0 spiro atoms. The summed E-state index contributed by atoms with van der Waals surface area (Å²) >= 11 is 0. The minimum absolute atomic E-state index is 0.197. The van der Waals surface area contributed by atoms with E-state index in [1.807, 2.05) is 0 Å². The molecule has 108 valence electrons. The van der Waals surface area contributed by atoms with Crippen molar-refractivity contribution in [2.75, 3.05) is 19.8 Å². The molecule has 1 aliphatic rings. The van der Waals surface area contributed by atoms with E-state index in [2.05, 4.69) is 5.32 Å². The van der Waals surface area contributed by atoms with Crippen LogP contribution in [0.5, 0.6) is 0 Å². The molecule has 0 aromatic carbocycles. The lowest BCUT2D eigenvalue weighted by Crippen LogP contribution is -2.16. The monoisotopic (exact) mass is 288 g/mol. The lowest BCUT2D eigenvalue weighted by atomic mass is 10.4. The molecule has 0 amide bonds. The van der Waals surface area contributed by atoms with E-state index < -0.39 is 10.0 Å². The fraction of sp³-hybridized carbons (Fsp3) is 0.667. The Bertz CT molecular complexity index is 494. The smallest absolute Gasteiger partial charge is 0.271 e. The number of rotatable bonds is 9. The van der Waals surface area contributed by atoms with Gasteiger partial charge in [0.25, 0.3) is 10.0 Å². The van der Waals surface area contributed by atoms with Crippen LogP contribution in [0.15, 0.2) is 21.6 Å². The summed E-state index contributed by atoms with van der Waals surface area (Å²) in [5, 5.41) is 7.91. The Morgan fingerprint density at radius 3 is 2.84 bits per heavy atom. The highest BCUT2D eigenvalue weighted by Crippen LogP contribution is 2.28. The third-order valence-corrected chi connectivity index (χ3v) is 3.69. The fourth-order valence-corrected chi connectivity index (χ4v) is 2.13. The van der Waals surface area contributed by atoms with Gasteiger partial charge in [0, 0.05) is 13.2 Å². The minimum atomic E-state index is -3.74. The lowest BCUT2D eigenvalue weighted by molar-refractivity contribution is 0.122. The molecule has 1 fully saturated rings. The number of hydrogen-bond acceptors (Lipinski definition) is 5. The van der Waals surface area contributed by atoms with Crippen molar-refractivity contribution < 1.29 is 17.6 Å². The third-order valence-electron chi connectivity index (χ3n) is 2.91. The topological polar surface area (TPSA) is 94.6 Å². The van der Waals surface area contributed by atoms with Crippen LogP contribution in [-0.2, 0) is 21.3 Å². The third kappa shape index (κ3) is 5.32. The Morgan fingerprint density at radius 1 is 1.42 bits per heavy atom. The maximum absolute atomic E-state index is 11.0. The molecule has 0 atom stereocenters. The molecule has 6 nitrogen and oxygen atoms in total. The SMILES string of the molecule is NS(=O)(=O)c1ccc(CNCCCOCC2CC2)o1. The summed E-state index contributed by atoms with van der Waals surface area (Å²) in [6.07, 6.45) is 3.54. The van der Waals surface area contributed by atoms with E-state index in [0.29, 0.717) is 12.3 Å². The van der Waals surface area contributed by atoms with Gasteiger partial charge in [-0.25, -0.2) is 13.6 Å². The zero-order valence-electron chi connectivity index (χ0n) is 10.8. The maximum Gasteiger partial charge on any atom is 0.271 e. The normalized spacial score (nSPS) is 15.8. The minimum Gasteiger partial charge on any atom is -0.447 e. The van der Waals surface area contributed by atoms with Crippen molar-refractivity contribution in [2.45, 2.75) is 30.9 Å². The van der Waals surface area contributed by atoms with Crippen molar-refractivity contribution in [3.05, 3.63) is 17.9 Å². The van der Waals surface area contributed by atoms with Crippen LogP contribution in [0.2, 0.25) is 0 Å². The average molecular weight is 288 g/mol.